The molecule has 2 aromatic heterocycles. The number of hydrogen-bond donors (Lipinski definition) is 1. The molecule has 0 aromatic carbocycles. The van der Waals surface area contributed by atoms with Gasteiger partial charge >= 0.3 is 5.97 Å². The quantitative estimate of drug-likeness (QED) is 0.814. The molecule has 0 bridgehead atoms. The Balaban J connectivity index is 2.02. The second-order valence-electron chi connectivity index (χ2n) is 4.17. The number of hydrogen-bond acceptors (Lipinski definition) is 6. The van der Waals surface area contributed by atoms with Crippen LogP contribution < -0.4 is 5.32 Å². The van der Waals surface area contributed by atoms with Crippen molar-refractivity contribution >= 4 is 17.7 Å². The minimum atomic E-state index is -0.232. The maximum Gasteiger partial charge on any atom is 0.307 e. The molecule has 0 aliphatic heterocycles. The molecule has 0 aliphatic rings. The number of esters is 1. The van der Waals surface area contributed by atoms with Gasteiger partial charge in [0, 0.05) is 17.9 Å². The highest BCUT2D eigenvalue weighted by atomic mass is 16.5. The fraction of sp³-hybridized carbons (Fsp3) is 0.500. The molecule has 0 spiro atoms. The molecule has 2 aromatic rings. The number of ether oxygens (including phenoxy) is 1. The summed E-state index contributed by atoms with van der Waals surface area (Å²) in [5.41, 5.74) is 1.86. The molecule has 1 N–H and O–H groups in total. The lowest BCUT2D eigenvalue weighted by atomic mass is 10.4. The molecule has 0 radical (unpaired) electrons. The molecule has 0 amide bonds. The van der Waals surface area contributed by atoms with Gasteiger partial charge < -0.3 is 10.1 Å². The molecule has 2 heterocycles. The highest BCUT2D eigenvalue weighted by molar-refractivity contribution is 5.69. The van der Waals surface area contributed by atoms with E-state index in [4.69, 9.17) is 4.74 Å². The molecule has 2 rings (SSSR count). The Bertz CT molecular complexity index is 593. The van der Waals surface area contributed by atoms with Crippen molar-refractivity contribution in [3.05, 3.63) is 17.5 Å². The van der Waals surface area contributed by atoms with E-state index in [0.29, 0.717) is 24.9 Å². The second-order valence-corrected chi connectivity index (χ2v) is 4.17. The van der Waals surface area contributed by atoms with Crippen LogP contribution in [0, 0.1) is 13.8 Å². The Kier molecular flexibility index (Phi) is 3.94. The molecule has 102 valence electrons. The first-order chi connectivity index (χ1) is 9.10. The summed E-state index contributed by atoms with van der Waals surface area (Å²) in [6, 6.07) is 1.93. The molecule has 7 heteroatoms. The lowest BCUT2D eigenvalue weighted by molar-refractivity contribution is -0.142. The topological polar surface area (TPSA) is 81.4 Å². The average Bonchev–Trinajstić information content (AvgIpc) is 2.72. The normalized spacial score (nSPS) is 10.7. The van der Waals surface area contributed by atoms with Gasteiger partial charge in [-0.3, -0.25) is 4.79 Å². The summed E-state index contributed by atoms with van der Waals surface area (Å²) < 4.78 is 6.50. The van der Waals surface area contributed by atoms with Crippen LogP contribution in [0.15, 0.2) is 6.07 Å². The number of anilines is 1. The third-order valence-electron chi connectivity index (χ3n) is 2.54. The molecule has 0 saturated carbocycles. The predicted octanol–water partition coefficient (Wildman–Crippen LogP) is 1.11. The molecular formula is C12H17N5O2. The van der Waals surface area contributed by atoms with E-state index in [-0.39, 0.29) is 12.4 Å². The van der Waals surface area contributed by atoms with Crippen molar-refractivity contribution in [3.63, 3.8) is 0 Å². The lowest BCUT2D eigenvalue weighted by Gasteiger charge is -2.01. The van der Waals surface area contributed by atoms with E-state index in [0.717, 1.165) is 11.4 Å². The van der Waals surface area contributed by atoms with E-state index in [1.165, 1.54) is 0 Å². The van der Waals surface area contributed by atoms with Gasteiger partial charge in [-0.1, -0.05) is 0 Å². The lowest BCUT2D eigenvalue weighted by Crippen LogP contribution is -2.12. The van der Waals surface area contributed by atoms with E-state index in [9.17, 15) is 4.79 Å². The van der Waals surface area contributed by atoms with Crippen LogP contribution >= 0.6 is 0 Å². The molecule has 0 atom stereocenters. The van der Waals surface area contributed by atoms with Gasteiger partial charge in [-0.05, 0) is 26.8 Å². The van der Waals surface area contributed by atoms with Crippen molar-refractivity contribution in [2.24, 2.45) is 0 Å². The van der Waals surface area contributed by atoms with Crippen LogP contribution in [0.2, 0.25) is 0 Å². The van der Waals surface area contributed by atoms with Crippen LogP contribution in [0.5, 0.6) is 0 Å². The molecular weight excluding hydrogens is 246 g/mol. The van der Waals surface area contributed by atoms with Crippen LogP contribution in [0.3, 0.4) is 0 Å². The van der Waals surface area contributed by atoms with Crippen molar-refractivity contribution < 1.29 is 9.53 Å². The minimum absolute atomic E-state index is 0.232. The van der Waals surface area contributed by atoms with Gasteiger partial charge in [0.1, 0.15) is 0 Å². The molecule has 19 heavy (non-hydrogen) atoms. The van der Waals surface area contributed by atoms with Gasteiger partial charge in [-0.2, -0.15) is 9.50 Å². The molecule has 0 unspecified atom stereocenters. The van der Waals surface area contributed by atoms with E-state index < -0.39 is 0 Å². The van der Waals surface area contributed by atoms with Crippen molar-refractivity contribution in [2.45, 2.75) is 27.2 Å². The van der Waals surface area contributed by atoms with Crippen LogP contribution in [0.1, 0.15) is 24.7 Å². The Morgan fingerprint density at radius 2 is 2.21 bits per heavy atom. The maximum absolute atomic E-state index is 11.2. The summed E-state index contributed by atoms with van der Waals surface area (Å²) in [4.78, 5) is 19.7. The first-order valence-electron chi connectivity index (χ1n) is 6.20. The van der Waals surface area contributed by atoms with Crippen LogP contribution in [-0.4, -0.2) is 38.7 Å². The Hall–Kier alpha value is -2.18. The van der Waals surface area contributed by atoms with Gasteiger partial charge in [-0.25, -0.2) is 4.98 Å². The third-order valence-corrected chi connectivity index (χ3v) is 2.54. The van der Waals surface area contributed by atoms with Gasteiger partial charge in [-0.15, -0.1) is 5.10 Å². The van der Waals surface area contributed by atoms with E-state index in [1.807, 2.05) is 19.9 Å². The van der Waals surface area contributed by atoms with Crippen molar-refractivity contribution in [3.8, 4) is 0 Å². The number of carbonyl (C=O) groups excluding carboxylic acids is 1. The number of rotatable bonds is 5. The summed E-state index contributed by atoms with van der Waals surface area (Å²) in [7, 11) is 0. The SMILES string of the molecule is CCOC(=O)CCNc1nc2nc(C)cc(C)n2n1. The van der Waals surface area contributed by atoms with Gasteiger partial charge in [0.05, 0.1) is 13.0 Å². The second kappa shape index (κ2) is 5.64. The highest BCUT2D eigenvalue weighted by Crippen LogP contribution is 2.07. The third kappa shape index (κ3) is 3.18. The van der Waals surface area contributed by atoms with Gasteiger partial charge in [0.2, 0.25) is 5.95 Å². The average molecular weight is 263 g/mol. The van der Waals surface area contributed by atoms with Crippen molar-refractivity contribution in [2.75, 3.05) is 18.5 Å². The number of carbonyl (C=O) groups is 1. The number of aryl methyl sites for hydroxylation is 2. The summed E-state index contributed by atoms with van der Waals surface area (Å²) >= 11 is 0. The molecule has 7 nitrogen and oxygen atoms in total. The summed E-state index contributed by atoms with van der Waals surface area (Å²) in [5.74, 6) is 0.783. The standard InChI is InChI=1S/C12H17N5O2/c1-4-19-10(18)5-6-13-11-15-12-14-8(2)7-9(3)17(12)16-11/h7H,4-6H2,1-3H3,(H,13,16). The molecule has 0 fully saturated rings. The van der Waals surface area contributed by atoms with E-state index in [2.05, 4.69) is 20.4 Å². The number of aromatic nitrogens is 4. The van der Waals surface area contributed by atoms with Gasteiger partial charge in [0.15, 0.2) is 0 Å². The minimum Gasteiger partial charge on any atom is -0.466 e. The molecule has 0 saturated heterocycles. The summed E-state index contributed by atoms with van der Waals surface area (Å²) in [6.07, 6.45) is 0.287. The highest BCUT2D eigenvalue weighted by Gasteiger charge is 2.08. The van der Waals surface area contributed by atoms with Crippen molar-refractivity contribution in [1.29, 1.82) is 0 Å². The predicted molar refractivity (Wildman–Crippen MR) is 70.0 cm³/mol. The van der Waals surface area contributed by atoms with Crippen LogP contribution in [0.4, 0.5) is 5.95 Å². The Morgan fingerprint density at radius 3 is 2.95 bits per heavy atom. The zero-order valence-electron chi connectivity index (χ0n) is 11.3. The van der Waals surface area contributed by atoms with E-state index in [1.54, 1.807) is 11.4 Å². The fourth-order valence-corrected chi connectivity index (χ4v) is 1.75. The van der Waals surface area contributed by atoms with Gasteiger partial charge in [0.25, 0.3) is 5.78 Å². The Morgan fingerprint density at radius 1 is 1.42 bits per heavy atom. The number of nitrogens with one attached hydrogen (secondary N) is 1. The fourth-order valence-electron chi connectivity index (χ4n) is 1.75. The van der Waals surface area contributed by atoms with Crippen molar-refractivity contribution in [1.82, 2.24) is 19.6 Å². The Labute approximate surface area is 111 Å². The first-order valence-corrected chi connectivity index (χ1v) is 6.20. The summed E-state index contributed by atoms with van der Waals surface area (Å²) in [6.45, 7) is 6.47. The van der Waals surface area contributed by atoms with Crippen LogP contribution in [-0.2, 0) is 9.53 Å². The van der Waals surface area contributed by atoms with E-state index >= 15 is 0 Å². The zero-order valence-corrected chi connectivity index (χ0v) is 11.3. The monoisotopic (exact) mass is 263 g/mol. The number of nitrogens with zero attached hydrogens (tertiary/aromatic N) is 4. The maximum atomic E-state index is 11.2. The zero-order chi connectivity index (χ0) is 13.8. The molecule has 0 aliphatic carbocycles. The number of fused-ring (bicyclic) bond motifs is 1. The first kappa shape index (κ1) is 13.3. The summed E-state index contributed by atoms with van der Waals surface area (Å²) in [5, 5.41) is 7.26. The van der Waals surface area contributed by atoms with Crippen LogP contribution in [0.25, 0.3) is 5.78 Å². The largest absolute Gasteiger partial charge is 0.466 e. The smallest absolute Gasteiger partial charge is 0.307 e.